The van der Waals surface area contributed by atoms with Crippen molar-refractivity contribution in [1.29, 1.82) is 0 Å². The number of piperidine rings is 1. The van der Waals surface area contributed by atoms with Crippen molar-refractivity contribution < 1.29 is 28.4 Å². The van der Waals surface area contributed by atoms with Crippen LogP contribution in [0, 0.1) is 5.92 Å². The van der Waals surface area contributed by atoms with Crippen LogP contribution in [0.2, 0.25) is 0 Å². The highest BCUT2D eigenvalue weighted by Gasteiger charge is 2.51. The van der Waals surface area contributed by atoms with E-state index in [4.69, 9.17) is 18.8 Å². The van der Waals surface area contributed by atoms with E-state index >= 15 is 0 Å². The molecule has 2 fully saturated rings. The number of rotatable bonds is 6. The Morgan fingerprint density at radius 3 is 2.26 bits per heavy atom. The summed E-state index contributed by atoms with van der Waals surface area (Å²) in [5.74, 6) is 1.06. The Morgan fingerprint density at radius 1 is 1.11 bits per heavy atom. The molecule has 0 saturated carbocycles. The number of benzene rings is 1. The molecule has 0 spiro atoms. The van der Waals surface area contributed by atoms with Crippen LogP contribution in [0.4, 0.5) is 4.79 Å². The number of amides is 2. The second-order valence-electron chi connectivity index (χ2n) is 11.5. The van der Waals surface area contributed by atoms with Crippen molar-refractivity contribution in [2.45, 2.75) is 84.5 Å². The maximum absolute atomic E-state index is 13.0. The van der Waals surface area contributed by atoms with Gasteiger partial charge in [-0.2, -0.15) is 0 Å². The fourth-order valence-corrected chi connectivity index (χ4v) is 4.24. The first-order valence-electron chi connectivity index (χ1n) is 12.5. The van der Waals surface area contributed by atoms with Gasteiger partial charge >= 0.3 is 13.2 Å². The number of hydrogen-bond acceptors (Lipinski definition) is 6. The zero-order valence-electron chi connectivity index (χ0n) is 22.5. The zero-order chi connectivity index (χ0) is 26.0. The number of ether oxygens (including phenoxy) is 2. The highest BCUT2D eigenvalue weighted by atomic mass is 16.7. The number of likely N-dealkylation sites (tertiary alicyclic amines) is 1. The van der Waals surface area contributed by atoms with E-state index in [1.165, 1.54) is 0 Å². The van der Waals surface area contributed by atoms with Gasteiger partial charge in [0.15, 0.2) is 0 Å². The van der Waals surface area contributed by atoms with Crippen molar-refractivity contribution in [2.75, 3.05) is 26.7 Å². The molecule has 2 aliphatic rings. The van der Waals surface area contributed by atoms with E-state index in [-0.39, 0.29) is 12.3 Å². The lowest BCUT2D eigenvalue weighted by atomic mass is 9.78. The predicted octanol–water partition coefficient (Wildman–Crippen LogP) is 3.30. The predicted molar refractivity (Wildman–Crippen MR) is 136 cm³/mol. The van der Waals surface area contributed by atoms with Gasteiger partial charge in [-0.3, -0.25) is 4.79 Å². The monoisotopic (exact) mass is 488 g/mol. The SMILES string of the molecule is COc1cc(B2OC(C)(C)C(C)(C)O2)ccc1CC(=O)N1CCC(CNC(=O)OC(C)(C)C)CC1. The smallest absolute Gasteiger partial charge is 0.494 e. The first kappa shape index (κ1) is 27.3. The fraction of sp³-hybridized carbons (Fsp3) is 0.692. The molecule has 0 unspecified atom stereocenters. The van der Waals surface area contributed by atoms with E-state index in [0.29, 0.717) is 31.3 Å². The molecule has 1 N–H and O–H groups in total. The van der Waals surface area contributed by atoms with Crippen LogP contribution in [0.1, 0.15) is 66.9 Å². The largest absolute Gasteiger partial charge is 0.496 e. The minimum absolute atomic E-state index is 0.0743. The fourth-order valence-electron chi connectivity index (χ4n) is 4.24. The van der Waals surface area contributed by atoms with E-state index < -0.39 is 30.0 Å². The molecule has 2 heterocycles. The highest BCUT2D eigenvalue weighted by Crippen LogP contribution is 2.36. The topological polar surface area (TPSA) is 86.3 Å². The molecule has 194 valence electrons. The van der Waals surface area contributed by atoms with Crippen LogP contribution in [0.5, 0.6) is 5.75 Å². The number of carbonyl (C=O) groups excluding carboxylic acids is 2. The number of nitrogens with zero attached hydrogens (tertiary/aromatic N) is 1. The number of carbonyl (C=O) groups is 2. The summed E-state index contributed by atoms with van der Waals surface area (Å²) in [5, 5.41) is 2.84. The lowest BCUT2D eigenvalue weighted by Gasteiger charge is -2.32. The second kappa shape index (κ2) is 10.4. The van der Waals surface area contributed by atoms with Gasteiger partial charge in [0.1, 0.15) is 11.4 Å². The van der Waals surface area contributed by atoms with Crippen LogP contribution >= 0.6 is 0 Å². The minimum Gasteiger partial charge on any atom is -0.496 e. The van der Waals surface area contributed by atoms with Gasteiger partial charge in [-0.1, -0.05) is 12.1 Å². The van der Waals surface area contributed by atoms with Crippen LogP contribution in [-0.2, 0) is 25.3 Å². The van der Waals surface area contributed by atoms with Crippen LogP contribution in [-0.4, -0.2) is 67.6 Å². The molecule has 0 bridgehead atoms. The third kappa shape index (κ3) is 6.91. The molecule has 2 saturated heterocycles. The van der Waals surface area contributed by atoms with Gasteiger partial charge in [0.05, 0.1) is 24.7 Å². The lowest BCUT2D eigenvalue weighted by molar-refractivity contribution is -0.131. The van der Waals surface area contributed by atoms with Crippen LogP contribution in [0.3, 0.4) is 0 Å². The van der Waals surface area contributed by atoms with E-state index in [9.17, 15) is 9.59 Å². The molecule has 2 amide bonds. The van der Waals surface area contributed by atoms with E-state index in [0.717, 1.165) is 23.9 Å². The van der Waals surface area contributed by atoms with Crippen molar-refractivity contribution in [3.8, 4) is 5.75 Å². The molecule has 0 radical (unpaired) electrons. The van der Waals surface area contributed by atoms with Gasteiger partial charge in [-0.15, -0.1) is 0 Å². The molecular weight excluding hydrogens is 447 g/mol. The molecule has 0 atom stereocenters. The summed E-state index contributed by atoms with van der Waals surface area (Å²) in [6, 6.07) is 5.77. The summed E-state index contributed by atoms with van der Waals surface area (Å²) in [6.45, 7) is 15.5. The second-order valence-corrected chi connectivity index (χ2v) is 11.5. The van der Waals surface area contributed by atoms with Crippen molar-refractivity contribution in [1.82, 2.24) is 10.2 Å². The number of methoxy groups -OCH3 is 1. The molecule has 0 aliphatic carbocycles. The first-order chi connectivity index (χ1) is 16.2. The third-order valence-electron chi connectivity index (χ3n) is 7.08. The normalized spacial score (nSPS) is 20.0. The molecule has 8 nitrogen and oxygen atoms in total. The van der Waals surface area contributed by atoms with Gasteiger partial charge in [0.2, 0.25) is 5.91 Å². The molecule has 2 aliphatic heterocycles. The van der Waals surface area contributed by atoms with Gasteiger partial charge in [-0.25, -0.2) is 4.79 Å². The summed E-state index contributed by atoms with van der Waals surface area (Å²) in [6.07, 6.45) is 1.57. The zero-order valence-corrected chi connectivity index (χ0v) is 22.5. The Kier molecular flexibility index (Phi) is 8.11. The van der Waals surface area contributed by atoms with Crippen molar-refractivity contribution in [3.05, 3.63) is 23.8 Å². The molecule has 3 rings (SSSR count). The van der Waals surface area contributed by atoms with Crippen LogP contribution in [0.25, 0.3) is 0 Å². The molecule has 1 aromatic carbocycles. The standard InChI is InChI=1S/C26H41BN2O6/c1-24(2,3)33-23(31)28-17-18-11-13-29(14-12-18)22(30)15-19-9-10-20(16-21(19)32-8)27-34-25(4,5)26(6,7)35-27/h9-10,16,18H,11-15,17H2,1-8H3,(H,28,31). The Morgan fingerprint density at radius 2 is 1.71 bits per heavy atom. The average Bonchev–Trinajstić information content (AvgIpc) is 2.98. The van der Waals surface area contributed by atoms with Crippen molar-refractivity contribution in [3.63, 3.8) is 0 Å². The maximum Gasteiger partial charge on any atom is 0.494 e. The summed E-state index contributed by atoms with van der Waals surface area (Å²) in [5.41, 5.74) is 0.354. The summed E-state index contributed by atoms with van der Waals surface area (Å²) < 4.78 is 23.2. The van der Waals surface area contributed by atoms with Gasteiger partial charge in [0, 0.05) is 25.2 Å². The summed E-state index contributed by atoms with van der Waals surface area (Å²) >= 11 is 0. The molecule has 35 heavy (non-hydrogen) atoms. The quantitative estimate of drug-likeness (QED) is 0.619. The summed E-state index contributed by atoms with van der Waals surface area (Å²) in [7, 11) is 1.13. The third-order valence-corrected chi connectivity index (χ3v) is 7.08. The Hall–Kier alpha value is -2.26. The number of alkyl carbamates (subject to hydrolysis) is 1. The Bertz CT molecular complexity index is 903. The highest BCUT2D eigenvalue weighted by molar-refractivity contribution is 6.62. The molecule has 1 aromatic rings. The van der Waals surface area contributed by atoms with E-state index in [1.54, 1.807) is 7.11 Å². The number of nitrogens with one attached hydrogen (secondary N) is 1. The Labute approximate surface area is 210 Å². The van der Waals surface area contributed by atoms with E-state index in [2.05, 4.69) is 5.32 Å². The maximum atomic E-state index is 13.0. The van der Waals surface area contributed by atoms with Gasteiger partial charge < -0.3 is 29.0 Å². The van der Waals surface area contributed by atoms with Crippen molar-refractivity contribution >= 4 is 24.6 Å². The van der Waals surface area contributed by atoms with Crippen LogP contribution in [0.15, 0.2) is 18.2 Å². The minimum atomic E-state index is -0.510. The number of hydrogen-bond donors (Lipinski definition) is 1. The Balaban J connectivity index is 1.53. The van der Waals surface area contributed by atoms with E-state index in [1.807, 2.05) is 71.6 Å². The molecule has 9 heteroatoms. The van der Waals surface area contributed by atoms with Crippen molar-refractivity contribution in [2.24, 2.45) is 5.92 Å². The lowest BCUT2D eigenvalue weighted by Crippen LogP contribution is -2.43. The first-order valence-corrected chi connectivity index (χ1v) is 12.5. The average molecular weight is 488 g/mol. The van der Waals surface area contributed by atoms with Gasteiger partial charge in [-0.05, 0) is 78.8 Å². The molecule has 0 aromatic heterocycles. The summed E-state index contributed by atoms with van der Waals surface area (Å²) in [4.78, 5) is 26.8. The molecular formula is C26H41BN2O6. The van der Waals surface area contributed by atoms with Gasteiger partial charge in [0.25, 0.3) is 0 Å². The van der Waals surface area contributed by atoms with Crippen LogP contribution < -0.4 is 15.5 Å².